The maximum atomic E-state index is 12.8. The normalized spacial score (nSPS) is 39.0. The largest absolute Gasteiger partial charge is 0.507 e. The van der Waals surface area contributed by atoms with Crippen LogP contribution in [-0.2, 0) is 30.2 Å². The van der Waals surface area contributed by atoms with Crippen LogP contribution in [0, 0.1) is 11.3 Å². The van der Waals surface area contributed by atoms with Crippen molar-refractivity contribution in [2.45, 2.75) is 103 Å². The first-order valence-electron chi connectivity index (χ1n) is 12.6. The van der Waals surface area contributed by atoms with Crippen LogP contribution in [0.25, 0.3) is 0 Å². The van der Waals surface area contributed by atoms with Gasteiger partial charge in [0.25, 0.3) is 0 Å². The molecular weight excluding hydrogens is 468 g/mol. The summed E-state index contributed by atoms with van der Waals surface area (Å²) in [5, 5.41) is 23.5. The van der Waals surface area contributed by atoms with Crippen LogP contribution < -0.4 is 4.74 Å². The van der Waals surface area contributed by atoms with Gasteiger partial charge in [0.1, 0.15) is 40.0 Å². The van der Waals surface area contributed by atoms with Crippen molar-refractivity contribution in [2.75, 3.05) is 0 Å². The lowest BCUT2D eigenvalue weighted by Crippen LogP contribution is -2.79. The molecule has 0 aromatic heterocycles. The van der Waals surface area contributed by atoms with Crippen LogP contribution in [0.5, 0.6) is 11.5 Å². The fourth-order valence-electron chi connectivity index (χ4n) is 7.45. The number of aromatic hydroxyl groups is 1. The molecule has 0 spiro atoms. The highest BCUT2D eigenvalue weighted by Gasteiger charge is 2.75. The van der Waals surface area contributed by atoms with Crippen molar-refractivity contribution in [3.63, 3.8) is 0 Å². The summed E-state index contributed by atoms with van der Waals surface area (Å²) >= 11 is 0. The molecule has 9 heteroatoms. The monoisotopic (exact) mass is 502 g/mol. The van der Waals surface area contributed by atoms with Crippen LogP contribution in [-0.4, -0.2) is 51.0 Å². The number of phenols is 1. The third-order valence-electron chi connectivity index (χ3n) is 9.44. The highest BCUT2D eigenvalue weighted by Crippen LogP contribution is 2.66. The van der Waals surface area contributed by atoms with Gasteiger partial charge in [-0.2, -0.15) is 0 Å². The number of ether oxygens (including phenoxy) is 4. The van der Waals surface area contributed by atoms with Gasteiger partial charge in [-0.3, -0.25) is 9.59 Å². The van der Waals surface area contributed by atoms with E-state index in [4.69, 9.17) is 18.9 Å². The number of hydrogen-bond acceptors (Lipinski definition) is 9. The van der Waals surface area contributed by atoms with Crippen molar-refractivity contribution in [3.8, 4) is 11.5 Å². The number of esters is 3. The second-order valence-corrected chi connectivity index (χ2v) is 11.5. The molecule has 1 aromatic rings. The highest BCUT2D eigenvalue weighted by atomic mass is 16.6. The van der Waals surface area contributed by atoms with Crippen LogP contribution in [0.3, 0.4) is 0 Å². The summed E-state index contributed by atoms with van der Waals surface area (Å²) in [5.41, 5.74) is -3.68. The number of carbonyl (C=O) groups is 3. The molecule has 4 aliphatic rings. The Balaban J connectivity index is 1.74. The number of benzene rings is 1. The van der Waals surface area contributed by atoms with E-state index in [1.165, 1.54) is 13.0 Å². The Kier molecular flexibility index (Phi) is 5.25. The maximum Gasteiger partial charge on any atom is 0.342 e. The molecule has 3 heterocycles. The molecule has 2 N–H and O–H groups in total. The molecule has 2 fully saturated rings. The SMILES string of the molecule is CC(=O)OC1c2c3c(cc(O)c2C(=O)OC1C)OC1(C)CCC2(C(C)C)OC(=O)CCC2(C)C1(O)C3. The molecule has 1 saturated heterocycles. The van der Waals surface area contributed by atoms with Crippen molar-refractivity contribution in [2.24, 2.45) is 11.3 Å². The number of phenolic OH excluding ortho intramolecular Hbond substituents is 1. The number of carbonyl (C=O) groups excluding carboxylic acids is 3. The van der Waals surface area contributed by atoms with E-state index in [0.29, 0.717) is 30.6 Å². The topological polar surface area (TPSA) is 129 Å². The number of aliphatic hydroxyl groups is 1. The smallest absolute Gasteiger partial charge is 0.342 e. The van der Waals surface area contributed by atoms with E-state index in [1.54, 1.807) is 6.92 Å². The first-order chi connectivity index (χ1) is 16.7. The van der Waals surface area contributed by atoms with E-state index in [1.807, 2.05) is 27.7 Å². The first-order valence-corrected chi connectivity index (χ1v) is 12.6. The van der Waals surface area contributed by atoms with E-state index in [0.717, 1.165) is 0 Å². The van der Waals surface area contributed by atoms with E-state index in [9.17, 15) is 24.6 Å². The fourth-order valence-corrected chi connectivity index (χ4v) is 7.45. The van der Waals surface area contributed by atoms with Gasteiger partial charge in [0, 0.05) is 42.4 Å². The van der Waals surface area contributed by atoms with Gasteiger partial charge in [-0.1, -0.05) is 20.8 Å². The average molecular weight is 503 g/mol. The lowest BCUT2D eigenvalue weighted by molar-refractivity contribution is -0.316. The maximum absolute atomic E-state index is 12.8. The van der Waals surface area contributed by atoms with Crippen molar-refractivity contribution >= 4 is 17.9 Å². The van der Waals surface area contributed by atoms with Gasteiger partial charge in [-0.05, 0) is 39.0 Å². The van der Waals surface area contributed by atoms with E-state index in [2.05, 4.69) is 0 Å². The quantitative estimate of drug-likeness (QED) is 0.461. The van der Waals surface area contributed by atoms with Gasteiger partial charge in [0.15, 0.2) is 6.10 Å². The molecule has 6 atom stereocenters. The summed E-state index contributed by atoms with van der Waals surface area (Å²) in [6, 6.07) is 1.37. The van der Waals surface area contributed by atoms with Crippen molar-refractivity contribution in [1.82, 2.24) is 0 Å². The minimum absolute atomic E-state index is 0.0573. The summed E-state index contributed by atoms with van der Waals surface area (Å²) in [5.74, 6) is -1.67. The standard InChI is InChI=1S/C27H34O9/c1-13(2)26-10-9-25(6)27(32,24(26,5)8-7-19(30)36-26)12-16-18(35-25)11-17(29)21-20(16)22(34-15(4)28)14(3)33-23(21)31/h11,13-14,22,29,32H,7-10,12H2,1-6H3. The van der Waals surface area contributed by atoms with Gasteiger partial charge in [-0.25, -0.2) is 4.79 Å². The molecule has 36 heavy (non-hydrogen) atoms. The summed E-state index contributed by atoms with van der Waals surface area (Å²) < 4.78 is 23.6. The Morgan fingerprint density at radius 2 is 1.86 bits per heavy atom. The summed E-state index contributed by atoms with van der Waals surface area (Å²) in [6.45, 7) is 10.7. The number of rotatable bonds is 2. The third-order valence-corrected chi connectivity index (χ3v) is 9.44. The molecule has 5 rings (SSSR count). The summed E-state index contributed by atoms with van der Waals surface area (Å²) in [7, 11) is 0. The average Bonchev–Trinajstić information content (AvgIpc) is 2.77. The van der Waals surface area contributed by atoms with Crippen molar-refractivity contribution < 1.29 is 43.5 Å². The fraction of sp³-hybridized carbons (Fsp3) is 0.667. The van der Waals surface area contributed by atoms with Crippen LogP contribution in [0.1, 0.15) is 94.8 Å². The van der Waals surface area contributed by atoms with Crippen LogP contribution >= 0.6 is 0 Å². The zero-order valence-electron chi connectivity index (χ0n) is 21.6. The predicted octanol–water partition coefficient (Wildman–Crippen LogP) is 3.51. The van der Waals surface area contributed by atoms with E-state index < -0.39 is 46.4 Å². The number of cyclic esters (lactones) is 1. The Morgan fingerprint density at radius 1 is 1.17 bits per heavy atom. The molecule has 0 bridgehead atoms. The van der Waals surface area contributed by atoms with E-state index in [-0.39, 0.29) is 41.6 Å². The molecule has 3 aliphatic heterocycles. The third kappa shape index (κ3) is 2.95. The Hall–Kier alpha value is -2.81. The Bertz CT molecular complexity index is 1170. The highest BCUT2D eigenvalue weighted by molar-refractivity contribution is 5.96. The van der Waals surface area contributed by atoms with Gasteiger partial charge in [0.05, 0.1) is 0 Å². The van der Waals surface area contributed by atoms with Crippen molar-refractivity contribution in [3.05, 3.63) is 22.8 Å². The molecular formula is C27H34O9. The second kappa shape index (κ2) is 7.60. The molecule has 1 aromatic carbocycles. The molecule has 0 amide bonds. The van der Waals surface area contributed by atoms with Gasteiger partial charge >= 0.3 is 17.9 Å². The Morgan fingerprint density at radius 3 is 2.50 bits per heavy atom. The molecule has 6 unspecified atom stereocenters. The molecule has 1 saturated carbocycles. The van der Waals surface area contributed by atoms with Gasteiger partial charge in [-0.15, -0.1) is 0 Å². The lowest BCUT2D eigenvalue weighted by atomic mass is 9.44. The summed E-state index contributed by atoms with van der Waals surface area (Å²) in [6.07, 6.45) is -0.241. The van der Waals surface area contributed by atoms with Gasteiger partial charge < -0.3 is 29.2 Å². The van der Waals surface area contributed by atoms with Gasteiger partial charge in [0.2, 0.25) is 0 Å². The minimum Gasteiger partial charge on any atom is -0.507 e. The van der Waals surface area contributed by atoms with Crippen molar-refractivity contribution in [1.29, 1.82) is 0 Å². The zero-order valence-corrected chi connectivity index (χ0v) is 21.6. The molecule has 196 valence electrons. The molecule has 1 aliphatic carbocycles. The molecule has 9 nitrogen and oxygen atoms in total. The predicted molar refractivity (Wildman–Crippen MR) is 125 cm³/mol. The summed E-state index contributed by atoms with van der Waals surface area (Å²) in [4.78, 5) is 37.3. The number of fused-ring (bicyclic) bond motifs is 6. The minimum atomic E-state index is -1.51. The lowest BCUT2D eigenvalue weighted by Gasteiger charge is -2.68. The molecule has 0 radical (unpaired) electrons. The Labute approximate surface area is 210 Å². The zero-order chi connectivity index (χ0) is 26.4. The van der Waals surface area contributed by atoms with Crippen LogP contribution in [0.2, 0.25) is 0 Å². The van der Waals surface area contributed by atoms with E-state index >= 15 is 0 Å². The second-order valence-electron chi connectivity index (χ2n) is 11.5. The first kappa shape index (κ1) is 24.9. The number of hydrogen-bond donors (Lipinski definition) is 2. The van der Waals surface area contributed by atoms with Crippen LogP contribution in [0.15, 0.2) is 6.07 Å². The van der Waals surface area contributed by atoms with Crippen LogP contribution in [0.4, 0.5) is 0 Å².